The standard InChI is InChI=1S/C19H16FNO3S/c1-14-9-11-17(12-10-14)25(22,23)21-18-7-2-3-8-19(18)24-16-6-4-5-15(20)13-16/h2-13,21H,1H3. The van der Waals surface area contributed by atoms with Crippen LogP contribution >= 0.6 is 0 Å². The summed E-state index contributed by atoms with van der Waals surface area (Å²) in [5.74, 6) is 0.126. The van der Waals surface area contributed by atoms with Gasteiger partial charge in [0.1, 0.15) is 11.6 Å². The number of sulfonamides is 1. The van der Waals surface area contributed by atoms with Crippen LogP contribution in [0.3, 0.4) is 0 Å². The molecular weight excluding hydrogens is 341 g/mol. The molecule has 0 fully saturated rings. The first-order chi connectivity index (χ1) is 11.9. The molecule has 0 unspecified atom stereocenters. The second-order valence-electron chi connectivity index (χ2n) is 5.47. The Kier molecular flexibility index (Phi) is 4.72. The van der Waals surface area contributed by atoms with Crippen LogP contribution in [0.1, 0.15) is 5.56 Å². The van der Waals surface area contributed by atoms with Crippen molar-refractivity contribution in [1.29, 1.82) is 0 Å². The summed E-state index contributed by atoms with van der Waals surface area (Å²) in [7, 11) is -3.76. The van der Waals surface area contributed by atoms with Crippen LogP contribution in [-0.4, -0.2) is 8.42 Å². The second kappa shape index (κ2) is 6.94. The number of rotatable bonds is 5. The molecule has 0 aromatic heterocycles. The van der Waals surface area contributed by atoms with Gasteiger partial charge in [0, 0.05) is 6.07 Å². The van der Waals surface area contributed by atoms with Crippen LogP contribution in [0.5, 0.6) is 11.5 Å². The SMILES string of the molecule is Cc1ccc(S(=O)(=O)Nc2ccccc2Oc2cccc(F)c2)cc1. The van der Waals surface area contributed by atoms with E-state index in [9.17, 15) is 12.8 Å². The lowest BCUT2D eigenvalue weighted by atomic mass is 10.2. The van der Waals surface area contributed by atoms with E-state index in [0.717, 1.165) is 5.56 Å². The summed E-state index contributed by atoms with van der Waals surface area (Å²) >= 11 is 0. The first-order valence-electron chi connectivity index (χ1n) is 7.56. The molecule has 0 aliphatic carbocycles. The Balaban J connectivity index is 1.89. The highest BCUT2D eigenvalue weighted by atomic mass is 32.2. The van der Waals surface area contributed by atoms with Crippen molar-refractivity contribution in [1.82, 2.24) is 0 Å². The molecule has 0 saturated carbocycles. The topological polar surface area (TPSA) is 55.4 Å². The summed E-state index contributed by atoms with van der Waals surface area (Å²) in [5.41, 5.74) is 1.24. The smallest absolute Gasteiger partial charge is 0.262 e. The minimum atomic E-state index is -3.76. The van der Waals surface area contributed by atoms with E-state index in [2.05, 4.69) is 4.72 Å². The quantitative estimate of drug-likeness (QED) is 0.718. The number of aryl methyl sites for hydroxylation is 1. The zero-order valence-corrected chi connectivity index (χ0v) is 14.3. The third-order valence-electron chi connectivity index (χ3n) is 3.49. The van der Waals surface area contributed by atoms with E-state index in [1.807, 2.05) is 6.92 Å². The van der Waals surface area contributed by atoms with Crippen LogP contribution in [-0.2, 0) is 10.0 Å². The number of benzene rings is 3. The number of ether oxygens (including phenoxy) is 1. The maximum atomic E-state index is 13.3. The largest absolute Gasteiger partial charge is 0.455 e. The summed E-state index contributed by atoms with van der Waals surface area (Å²) in [5, 5.41) is 0. The first-order valence-corrected chi connectivity index (χ1v) is 9.04. The van der Waals surface area contributed by atoms with Gasteiger partial charge in [-0.3, -0.25) is 4.72 Å². The van der Waals surface area contributed by atoms with Gasteiger partial charge in [-0.15, -0.1) is 0 Å². The normalized spacial score (nSPS) is 11.1. The van der Waals surface area contributed by atoms with E-state index in [1.165, 1.54) is 30.3 Å². The van der Waals surface area contributed by atoms with Gasteiger partial charge in [-0.05, 0) is 43.3 Å². The average molecular weight is 357 g/mol. The molecular formula is C19H16FNO3S. The van der Waals surface area contributed by atoms with Gasteiger partial charge >= 0.3 is 0 Å². The van der Waals surface area contributed by atoms with E-state index >= 15 is 0 Å². The molecule has 3 rings (SSSR count). The maximum absolute atomic E-state index is 13.3. The van der Waals surface area contributed by atoms with Crippen molar-refractivity contribution in [2.24, 2.45) is 0 Å². The van der Waals surface area contributed by atoms with E-state index in [4.69, 9.17) is 4.74 Å². The van der Waals surface area contributed by atoms with Crippen LogP contribution in [0, 0.1) is 12.7 Å². The summed E-state index contributed by atoms with van der Waals surface area (Å²) in [6, 6.07) is 18.7. The molecule has 25 heavy (non-hydrogen) atoms. The van der Waals surface area contributed by atoms with E-state index in [1.54, 1.807) is 42.5 Å². The van der Waals surface area contributed by atoms with E-state index < -0.39 is 15.8 Å². The van der Waals surface area contributed by atoms with Crippen LogP contribution in [0.2, 0.25) is 0 Å². The van der Waals surface area contributed by atoms with Crippen molar-refractivity contribution in [2.75, 3.05) is 4.72 Å². The predicted octanol–water partition coefficient (Wildman–Crippen LogP) is 4.73. The number of hydrogen-bond acceptors (Lipinski definition) is 3. The Labute approximate surface area is 146 Å². The van der Waals surface area contributed by atoms with Crippen LogP contribution < -0.4 is 9.46 Å². The minimum Gasteiger partial charge on any atom is -0.455 e. The van der Waals surface area contributed by atoms with Crippen molar-refractivity contribution in [2.45, 2.75) is 11.8 Å². The molecule has 128 valence electrons. The van der Waals surface area contributed by atoms with Gasteiger partial charge in [0.15, 0.2) is 5.75 Å². The van der Waals surface area contributed by atoms with Crippen LogP contribution in [0.15, 0.2) is 77.7 Å². The summed E-state index contributed by atoms with van der Waals surface area (Å²) in [6.45, 7) is 1.88. The maximum Gasteiger partial charge on any atom is 0.262 e. The van der Waals surface area contributed by atoms with Crippen molar-refractivity contribution < 1.29 is 17.5 Å². The van der Waals surface area contributed by atoms with Crippen molar-refractivity contribution in [3.8, 4) is 11.5 Å². The third-order valence-corrected chi connectivity index (χ3v) is 4.87. The second-order valence-corrected chi connectivity index (χ2v) is 7.16. The lowest BCUT2D eigenvalue weighted by Crippen LogP contribution is -2.13. The minimum absolute atomic E-state index is 0.152. The highest BCUT2D eigenvalue weighted by Gasteiger charge is 2.16. The zero-order valence-electron chi connectivity index (χ0n) is 13.4. The number of hydrogen-bond donors (Lipinski definition) is 1. The van der Waals surface area contributed by atoms with Crippen LogP contribution in [0.25, 0.3) is 0 Å². The van der Waals surface area contributed by atoms with Gasteiger partial charge in [0.05, 0.1) is 10.6 Å². The predicted molar refractivity (Wildman–Crippen MR) is 94.9 cm³/mol. The molecule has 6 heteroatoms. The molecule has 3 aromatic rings. The molecule has 0 spiro atoms. The molecule has 0 aliphatic heterocycles. The van der Waals surface area contributed by atoms with Gasteiger partial charge in [-0.2, -0.15) is 0 Å². The van der Waals surface area contributed by atoms with E-state index in [-0.39, 0.29) is 22.1 Å². The number of anilines is 1. The van der Waals surface area contributed by atoms with Gasteiger partial charge in [-0.25, -0.2) is 12.8 Å². The highest BCUT2D eigenvalue weighted by molar-refractivity contribution is 7.92. The Morgan fingerprint density at radius 1 is 0.920 bits per heavy atom. The Hall–Kier alpha value is -2.86. The summed E-state index contributed by atoms with van der Waals surface area (Å²) < 4.78 is 46.5. The van der Waals surface area contributed by atoms with Crippen molar-refractivity contribution in [3.63, 3.8) is 0 Å². The fourth-order valence-corrected chi connectivity index (χ4v) is 3.29. The van der Waals surface area contributed by atoms with Crippen molar-refractivity contribution >= 4 is 15.7 Å². The molecule has 0 bridgehead atoms. The van der Waals surface area contributed by atoms with Gasteiger partial charge in [-0.1, -0.05) is 35.9 Å². The van der Waals surface area contributed by atoms with E-state index in [0.29, 0.717) is 0 Å². The molecule has 0 heterocycles. The van der Waals surface area contributed by atoms with Gasteiger partial charge < -0.3 is 4.74 Å². The molecule has 0 amide bonds. The molecule has 1 N–H and O–H groups in total. The molecule has 0 aliphatic rings. The van der Waals surface area contributed by atoms with Crippen molar-refractivity contribution in [3.05, 3.63) is 84.2 Å². The monoisotopic (exact) mass is 357 g/mol. The Morgan fingerprint density at radius 3 is 2.36 bits per heavy atom. The molecule has 0 saturated heterocycles. The molecule has 3 aromatic carbocycles. The van der Waals surface area contributed by atoms with Gasteiger partial charge in [0.2, 0.25) is 0 Å². The Morgan fingerprint density at radius 2 is 1.64 bits per heavy atom. The molecule has 0 radical (unpaired) electrons. The molecule has 0 atom stereocenters. The summed E-state index contributed by atoms with van der Waals surface area (Å²) in [6.07, 6.45) is 0. The lowest BCUT2D eigenvalue weighted by Gasteiger charge is -2.13. The number of nitrogens with one attached hydrogen (secondary N) is 1. The fraction of sp³-hybridized carbons (Fsp3) is 0.0526. The third kappa shape index (κ3) is 4.16. The highest BCUT2D eigenvalue weighted by Crippen LogP contribution is 2.31. The number of halogens is 1. The van der Waals surface area contributed by atoms with Crippen LogP contribution in [0.4, 0.5) is 10.1 Å². The fourth-order valence-electron chi connectivity index (χ4n) is 2.22. The lowest BCUT2D eigenvalue weighted by molar-refractivity contribution is 0.479. The van der Waals surface area contributed by atoms with Gasteiger partial charge in [0.25, 0.3) is 10.0 Å². The molecule has 4 nitrogen and oxygen atoms in total. The number of para-hydroxylation sites is 2. The average Bonchev–Trinajstić information content (AvgIpc) is 2.57. The zero-order chi connectivity index (χ0) is 17.9. The Bertz CT molecular complexity index is 986. The summed E-state index contributed by atoms with van der Waals surface area (Å²) in [4.78, 5) is 0.152. The first kappa shape index (κ1) is 17.0.